The van der Waals surface area contributed by atoms with Gasteiger partial charge in [0, 0.05) is 0 Å². The van der Waals surface area contributed by atoms with Gasteiger partial charge in [-0.3, -0.25) is 0 Å². The number of benzene rings is 1. The maximum absolute atomic E-state index is 10.9. The smallest absolute Gasteiger partial charge is 0.137 e. The Morgan fingerprint density at radius 2 is 2.00 bits per heavy atom. The van der Waals surface area contributed by atoms with Crippen LogP contribution in [-0.4, -0.2) is 17.7 Å². The van der Waals surface area contributed by atoms with E-state index >= 15 is 0 Å². The van der Waals surface area contributed by atoms with Crippen LogP contribution in [0.25, 0.3) is 0 Å². The molecule has 0 aromatic heterocycles. The lowest BCUT2D eigenvalue weighted by atomic mass is 9.85. The number of aromatic hydroxyl groups is 1. The van der Waals surface area contributed by atoms with E-state index in [0.717, 1.165) is 5.56 Å². The number of carbonyl (C=O) groups excluding carboxylic acids is 2. The molecule has 0 bridgehead atoms. The van der Waals surface area contributed by atoms with Crippen molar-refractivity contribution < 1.29 is 14.7 Å². The zero-order valence-corrected chi connectivity index (χ0v) is 7.56. The van der Waals surface area contributed by atoms with Gasteiger partial charge in [0.15, 0.2) is 0 Å². The van der Waals surface area contributed by atoms with E-state index in [4.69, 9.17) is 0 Å². The number of carbonyl (C=O) groups is 2. The lowest BCUT2D eigenvalue weighted by molar-refractivity contribution is -0.121. The van der Waals surface area contributed by atoms with Gasteiger partial charge < -0.3 is 14.7 Å². The molecule has 0 aliphatic heterocycles. The molecule has 1 N–H and O–H groups in total. The molecule has 0 radical (unpaired) electrons. The van der Waals surface area contributed by atoms with E-state index in [2.05, 4.69) is 0 Å². The second-order valence-corrected chi connectivity index (χ2v) is 3.62. The van der Waals surface area contributed by atoms with E-state index in [1.54, 1.807) is 12.1 Å². The Balaban J connectivity index is 2.62. The van der Waals surface area contributed by atoms with Gasteiger partial charge in [-0.25, -0.2) is 0 Å². The average Bonchev–Trinajstić information content (AvgIpc) is 2.57. The monoisotopic (exact) mass is 190 g/mol. The highest BCUT2D eigenvalue weighted by molar-refractivity contribution is 5.93. The van der Waals surface area contributed by atoms with Crippen LogP contribution < -0.4 is 0 Å². The van der Waals surface area contributed by atoms with Gasteiger partial charge in [-0.05, 0) is 36.1 Å². The minimum absolute atomic E-state index is 0.0960. The molecule has 0 amide bonds. The maximum atomic E-state index is 10.9. The number of hydrogen-bond donors (Lipinski definition) is 1. The highest BCUT2D eigenvalue weighted by Crippen LogP contribution is 2.37. The number of rotatable bonds is 2. The van der Waals surface area contributed by atoms with E-state index in [-0.39, 0.29) is 5.75 Å². The van der Waals surface area contributed by atoms with E-state index in [1.807, 2.05) is 0 Å². The summed E-state index contributed by atoms with van der Waals surface area (Å²) in [6.07, 6.45) is 2.57. The van der Waals surface area contributed by atoms with Crippen molar-refractivity contribution in [3.8, 4) is 5.75 Å². The fourth-order valence-corrected chi connectivity index (χ4v) is 1.96. The summed E-state index contributed by atoms with van der Waals surface area (Å²) < 4.78 is 0. The SMILES string of the molecule is O=CC1(C=O)CCc2ccc(O)cc21. The molecular formula is C11H10O3. The van der Waals surface area contributed by atoms with Crippen LogP contribution in [0.2, 0.25) is 0 Å². The first-order valence-corrected chi connectivity index (χ1v) is 4.47. The summed E-state index contributed by atoms with van der Waals surface area (Å²) in [6.45, 7) is 0. The van der Waals surface area contributed by atoms with Gasteiger partial charge in [-0.15, -0.1) is 0 Å². The molecule has 3 heteroatoms. The summed E-state index contributed by atoms with van der Waals surface area (Å²) in [5, 5.41) is 9.29. The van der Waals surface area contributed by atoms with Gasteiger partial charge in [-0.1, -0.05) is 6.07 Å². The molecule has 1 aliphatic rings. The normalized spacial score (nSPS) is 17.4. The third-order valence-corrected chi connectivity index (χ3v) is 2.82. The zero-order chi connectivity index (χ0) is 10.2. The van der Waals surface area contributed by atoms with Crippen LogP contribution in [0, 0.1) is 0 Å². The van der Waals surface area contributed by atoms with Crippen molar-refractivity contribution in [1.82, 2.24) is 0 Å². The Bertz CT molecular complexity index is 388. The van der Waals surface area contributed by atoms with Crippen LogP contribution in [0.15, 0.2) is 18.2 Å². The van der Waals surface area contributed by atoms with Crippen molar-refractivity contribution in [2.45, 2.75) is 18.3 Å². The van der Waals surface area contributed by atoms with Crippen LogP contribution in [-0.2, 0) is 21.4 Å². The summed E-state index contributed by atoms with van der Waals surface area (Å²) in [4.78, 5) is 21.8. The van der Waals surface area contributed by atoms with Gasteiger partial charge in [-0.2, -0.15) is 0 Å². The summed E-state index contributed by atoms with van der Waals surface area (Å²) in [7, 11) is 0. The third kappa shape index (κ3) is 1.05. The highest BCUT2D eigenvalue weighted by Gasteiger charge is 2.38. The van der Waals surface area contributed by atoms with Gasteiger partial charge in [0.25, 0.3) is 0 Å². The number of aldehydes is 2. The van der Waals surface area contributed by atoms with Crippen molar-refractivity contribution in [1.29, 1.82) is 0 Å². The van der Waals surface area contributed by atoms with Crippen LogP contribution >= 0.6 is 0 Å². The molecule has 0 spiro atoms. The summed E-state index contributed by atoms with van der Waals surface area (Å²) in [5.74, 6) is 0.0960. The quantitative estimate of drug-likeness (QED) is 0.558. The van der Waals surface area contributed by atoms with E-state index < -0.39 is 5.41 Å². The first kappa shape index (κ1) is 8.94. The molecule has 1 aromatic rings. The number of aryl methyl sites for hydroxylation is 1. The Labute approximate surface area is 81.4 Å². The van der Waals surface area contributed by atoms with Crippen LogP contribution in [0.4, 0.5) is 0 Å². The molecule has 0 atom stereocenters. The molecule has 2 rings (SSSR count). The summed E-state index contributed by atoms with van der Waals surface area (Å²) >= 11 is 0. The predicted molar refractivity (Wildman–Crippen MR) is 50.2 cm³/mol. The summed E-state index contributed by atoms with van der Waals surface area (Å²) in [6, 6.07) is 4.84. The minimum Gasteiger partial charge on any atom is -0.508 e. The maximum Gasteiger partial charge on any atom is 0.137 e. The Hall–Kier alpha value is -1.64. The van der Waals surface area contributed by atoms with Crippen molar-refractivity contribution in [3.63, 3.8) is 0 Å². The van der Waals surface area contributed by atoms with E-state index in [9.17, 15) is 14.7 Å². The molecule has 14 heavy (non-hydrogen) atoms. The van der Waals surface area contributed by atoms with Crippen molar-refractivity contribution >= 4 is 12.6 Å². The minimum atomic E-state index is -1.02. The number of hydrogen-bond acceptors (Lipinski definition) is 3. The number of phenols is 1. The molecule has 0 saturated carbocycles. The third-order valence-electron chi connectivity index (χ3n) is 2.82. The lowest BCUT2D eigenvalue weighted by Gasteiger charge is -2.15. The predicted octanol–water partition coefficient (Wildman–Crippen LogP) is 0.974. The Kier molecular flexibility index (Phi) is 1.88. The van der Waals surface area contributed by atoms with Crippen LogP contribution in [0.3, 0.4) is 0 Å². The van der Waals surface area contributed by atoms with Crippen molar-refractivity contribution in [2.24, 2.45) is 0 Å². The highest BCUT2D eigenvalue weighted by atomic mass is 16.3. The topological polar surface area (TPSA) is 54.4 Å². The van der Waals surface area contributed by atoms with Gasteiger partial charge >= 0.3 is 0 Å². The lowest BCUT2D eigenvalue weighted by Crippen LogP contribution is -2.26. The standard InChI is InChI=1S/C11H10O3/c12-6-11(7-13)4-3-8-1-2-9(14)5-10(8)11/h1-2,5-7,14H,3-4H2. The van der Waals surface area contributed by atoms with Crippen LogP contribution in [0.1, 0.15) is 17.5 Å². The molecule has 0 saturated heterocycles. The largest absolute Gasteiger partial charge is 0.508 e. The Morgan fingerprint density at radius 1 is 1.29 bits per heavy atom. The fraction of sp³-hybridized carbons (Fsp3) is 0.273. The molecule has 72 valence electrons. The number of phenolic OH excluding ortho intramolecular Hbond substituents is 1. The van der Waals surface area contributed by atoms with Crippen molar-refractivity contribution in [2.75, 3.05) is 0 Å². The molecule has 0 fully saturated rings. The fourth-order valence-electron chi connectivity index (χ4n) is 1.96. The molecular weight excluding hydrogens is 180 g/mol. The first-order chi connectivity index (χ1) is 6.72. The molecule has 1 aliphatic carbocycles. The van der Waals surface area contributed by atoms with Gasteiger partial charge in [0.1, 0.15) is 23.7 Å². The van der Waals surface area contributed by atoms with E-state index in [1.165, 1.54) is 6.07 Å². The van der Waals surface area contributed by atoms with Crippen LogP contribution in [0.5, 0.6) is 5.75 Å². The number of fused-ring (bicyclic) bond motifs is 1. The second-order valence-electron chi connectivity index (χ2n) is 3.62. The van der Waals surface area contributed by atoms with Crippen molar-refractivity contribution in [3.05, 3.63) is 29.3 Å². The Morgan fingerprint density at radius 3 is 2.64 bits per heavy atom. The molecule has 3 nitrogen and oxygen atoms in total. The van der Waals surface area contributed by atoms with Gasteiger partial charge in [0.05, 0.1) is 0 Å². The molecule has 0 unspecified atom stereocenters. The summed E-state index contributed by atoms with van der Waals surface area (Å²) in [5.41, 5.74) is 0.609. The second kappa shape index (κ2) is 2.94. The molecule has 1 aromatic carbocycles. The van der Waals surface area contributed by atoms with Gasteiger partial charge in [0.2, 0.25) is 0 Å². The molecule has 0 heterocycles. The van der Waals surface area contributed by atoms with E-state index in [0.29, 0.717) is 31.0 Å². The first-order valence-electron chi connectivity index (χ1n) is 4.47. The average molecular weight is 190 g/mol. The zero-order valence-electron chi connectivity index (χ0n) is 7.56.